The van der Waals surface area contributed by atoms with Gasteiger partial charge in [-0.25, -0.2) is 8.78 Å². The first-order valence-corrected chi connectivity index (χ1v) is 3.94. The molecule has 1 fully saturated rings. The number of nitrogens with two attached hydrogens (primary N) is 1. The van der Waals surface area contributed by atoms with Gasteiger partial charge >= 0.3 is 0 Å². The highest BCUT2D eigenvalue weighted by Crippen LogP contribution is 2.11. The Morgan fingerprint density at radius 3 is 2.75 bits per heavy atom. The number of alkyl halides is 2. The molecule has 0 aromatic rings. The Balaban J connectivity index is 2.30. The van der Waals surface area contributed by atoms with E-state index in [2.05, 4.69) is 0 Å². The highest BCUT2D eigenvalue weighted by atomic mass is 19.3. The molecular formula is C7H12F2N2O. The van der Waals surface area contributed by atoms with Gasteiger partial charge in [0, 0.05) is 19.5 Å². The minimum Gasteiger partial charge on any atom is -0.341 e. The van der Waals surface area contributed by atoms with E-state index >= 15 is 0 Å². The summed E-state index contributed by atoms with van der Waals surface area (Å²) in [6, 6.07) is -0.470. The molecule has 1 unspecified atom stereocenters. The monoisotopic (exact) mass is 178 g/mol. The molecule has 2 N–H and O–H groups in total. The summed E-state index contributed by atoms with van der Waals surface area (Å²) < 4.78 is 23.5. The number of carbonyl (C=O) groups is 1. The summed E-state index contributed by atoms with van der Waals surface area (Å²) in [7, 11) is 0. The molecule has 1 amide bonds. The van der Waals surface area contributed by atoms with Gasteiger partial charge in [0.25, 0.3) is 0 Å². The number of carbonyl (C=O) groups excluding carboxylic acids is 1. The molecule has 1 aliphatic rings. The van der Waals surface area contributed by atoms with Crippen LogP contribution in [0.25, 0.3) is 0 Å². The third kappa shape index (κ3) is 2.14. The highest BCUT2D eigenvalue weighted by Gasteiger charge is 2.28. The zero-order valence-electron chi connectivity index (χ0n) is 6.67. The molecule has 0 aromatic carbocycles. The molecule has 5 heteroatoms. The maximum Gasteiger partial charge on any atom is 0.240 e. The van der Waals surface area contributed by atoms with Crippen LogP contribution < -0.4 is 5.73 Å². The van der Waals surface area contributed by atoms with Crippen LogP contribution in [0.2, 0.25) is 0 Å². The van der Waals surface area contributed by atoms with Gasteiger partial charge < -0.3 is 10.6 Å². The van der Waals surface area contributed by atoms with Gasteiger partial charge in [-0.3, -0.25) is 4.79 Å². The van der Waals surface area contributed by atoms with Crippen LogP contribution in [0.1, 0.15) is 12.8 Å². The Bertz CT molecular complexity index is 175. The smallest absolute Gasteiger partial charge is 0.240 e. The minimum atomic E-state index is -2.34. The van der Waals surface area contributed by atoms with Gasteiger partial charge in [-0.1, -0.05) is 0 Å². The zero-order valence-corrected chi connectivity index (χ0v) is 6.67. The number of rotatable bonds is 3. The molecule has 1 heterocycles. The number of likely N-dealkylation sites (tertiary alicyclic amines) is 1. The van der Waals surface area contributed by atoms with Gasteiger partial charge in [0.1, 0.15) is 0 Å². The predicted octanol–water partition coefficient (Wildman–Crippen LogP) is 0.201. The number of hydrogen-bond acceptors (Lipinski definition) is 2. The normalized spacial score (nSPS) is 24.2. The largest absolute Gasteiger partial charge is 0.341 e. The van der Waals surface area contributed by atoms with Crippen molar-refractivity contribution in [2.24, 2.45) is 5.73 Å². The van der Waals surface area contributed by atoms with Crippen molar-refractivity contribution in [3.05, 3.63) is 0 Å². The van der Waals surface area contributed by atoms with E-state index in [1.807, 2.05) is 0 Å². The lowest BCUT2D eigenvalue weighted by atomic mass is 10.3. The molecule has 0 bridgehead atoms. The van der Waals surface area contributed by atoms with Gasteiger partial charge in [-0.15, -0.1) is 0 Å². The van der Waals surface area contributed by atoms with Crippen LogP contribution in [-0.2, 0) is 4.79 Å². The van der Waals surface area contributed by atoms with Crippen LogP contribution >= 0.6 is 0 Å². The lowest BCUT2D eigenvalue weighted by Crippen LogP contribution is -2.35. The molecule has 1 aliphatic heterocycles. The molecule has 0 aliphatic carbocycles. The van der Waals surface area contributed by atoms with Crippen LogP contribution in [0.3, 0.4) is 0 Å². The Morgan fingerprint density at radius 1 is 1.67 bits per heavy atom. The van der Waals surface area contributed by atoms with E-state index in [9.17, 15) is 13.6 Å². The van der Waals surface area contributed by atoms with Crippen LogP contribution in [0.4, 0.5) is 8.78 Å². The zero-order chi connectivity index (χ0) is 9.14. The van der Waals surface area contributed by atoms with E-state index in [1.165, 1.54) is 4.90 Å². The molecule has 1 rings (SSSR count). The standard InChI is InChI=1S/C7H12F2N2O/c8-6(9)2-4-11-3-1-5(10)7(11)12/h5-6H,1-4,10H2. The van der Waals surface area contributed by atoms with Crippen molar-refractivity contribution in [1.82, 2.24) is 4.90 Å². The van der Waals surface area contributed by atoms with Crippen LogP contribution in [0.15, 0.2) is 0 Å². The predicted molar refractivity (Wildman–Crippen MR) is 39.8 cm³/mol. The summed E-state index contributed by atoms with van der Waals surface area (Å²) >= 11 is 0. The van der Waals surface area contributed by atoms with E-state index in [4.69, 9.17) is 5.73 Å². The second-order valence-electron chi connectivity index (χ2n) is 2.90. The first kappa shape index (κ1) is 9.38. The molecule has 3 nitrogen and oxygen atoms in total. The summed E-state index contributed by atoms with van der Waals surface area (Å²) in [6.45, 7) is 0.650. The molecular weight excluding hydrogens is 166 g/mol. The topological polar surface area (TPSA) is 46.3 Å². The van der Waals surface area contributed by atoms with E-state index in [0.717, 1.165) is 0 Å². The van der Waals surface area contributed by atoms with Crippen molar-refractivity contribution in [3.8, 4) is 0 Å². The van der Waals surface area contributed by atoms with E-state index in [-0.39, 0.29) is 18.9 Å². The minimum absolute atomic E-state index is 0.129. The molecule has 70 valence electrons. The van der Waals surface area contributed by atoms with Gasteiger partial charge in [0.2, 0.25) is 12.3 Å². The van der Waals surface area contributed by atoms with Gasteiger partial charge in [0.15, 0.2) is 0 Å². The van der Waals surface area contributed by atoms with Crippen molar-refractivity contribution in [1.29, 1.82) is 0 Å². The van der Waals surface area contributed by atoms with Crippen LogP contribution in [-0.4, -0.2) is 36.4 Å². The van der Waals surface area contributed by atoms with Crippen molar-refractivity contribution >= 4 is 5.91 Å². The van der Waals surface area contributed by atoms with Gasteiger partial charge in [0.05, 0.1) is 6.04 Å². The second kappa shape index (κ2) is 3.80. The molecule has 0 radical (unpaired) electrons. The van der Waals surface area contributed by atoms with Crippen LogP contribution in [0, 0.1) is 0 Å². The van der Waals surface area contributed by atoms with Crippen molar-refractivity contribution in [2.45, 2.75) is 25.3 Å². The van der Waals surface area contributed by atoms with E-state index < -0.39 is 12.5 Å². The third-order valence-corrected chi connectivity index (χ3v) is 1.96. The maximum absolute atomic E-state index is 11.7. The molecule has 0 aromatic heterocycles. The summed E-state index contributed by atoms with van der Waals surface area (Å²) in [6.07, 6.45) is -2.00. The number of nitrogens with zero attached hydrogens (tertiary/aromatic N) is 1. The molecule has 12 heavy (non-hydrogen) atoms. The quantitative estimate of drug-likeness (QED) is 0.671. The SMILES string of the molecule is NC1CCN(CCC(F)F)C1=O. The van der Waals surface area contributed by atoms with Crippen LogP contribution in [0.5, 0.6) is 0 Å². The van der Waals surface area contributed by atoms with E-state index in [0.29, 0.717) is 13.0 Å². The fourth-order valence-electron chi connectivity index (χ4n) is 1.24. The number of hydrogen-bond donors (Lipinski definition) is 1. The number of amides is 1. The van der Waals surface area contributed by atoms with Crippen molar-refractivity contribution in [2.75, 3.05) is 13.1 Å². The van der Waals surface area contributed by atoms with Gasteiger partial charge in [-0.2, -0.15) is 0 Å². The lowest BCUT2D eigenvalue weighted by Gasteiger charge is -2.14. The fourth-order valence-corrected chi connectivity index (χ4v) is 1.24. The summed E-state index contributed by atoms with van der Waals surface area (Å²) in [4.78, 5) is 12.5. The fraction of sp³-hybridized carbons (Fsp3) is 0.857. The average Bonchev–Trinajstić information content (AvgIpc) is 2.30. The van der Waals surface area contributed by atoms with E-state index in [1.54, 1.807) is 0 Å². The Hall–Kier alpha value is -0.710. The Kier molecular flexibility index (Phi) is 2.97. The third-order valence-electron chi connectivity index (χ3n) is 1.96. The Labute approximate surface area is 69.5 Å². The first-order chi connectivity index (χ1) is 5.61. The highest BCUT2D eigenvalue weighted by molar-refractivity contribution is 5.83. The molecule has 1 saturated heterocycles. The lowest BCUT2D eigenvalue weighted by molar-refractivity contribution is -0.129. The number of halogens is 2. The molecule has 0 saturated carbocycles. The molecule has 0 spiro atoms. The second-order valence-corrected chi connectivity index (χ2v) is 2.90. The van der Waals surface area contributed by atoms with Crippen molar-refractivity contribution < 1.29 is 13.6 Å². The summed E-state index contributed by atoms with van der Waals surface area (Å²) in [5, 5.41) is 0. The Morgan fingerprint density at radius 2 is 2.33 bits per heavy atom. The first-order valence-electron chi connectivity index (χ1n) is 3.94. The van der Waals surface area contributed by atoms with Gasteiger partial charge in [-0.05, 0) is 6.42 Å². The maximum atomic E-state index is 11.7. The summed E-state index contributed by atoms with van der Waals surface area (Å²) in [5.41, 5.74) is 5.40. The summed E-state index contributed by atoms with van der Waals surface area (Å²) in [5.74, 6) is -0.198. The molecule has 1 atom stereocenters. The van der Waals surface area contributed by atoms with Crippen molar-refractivity contribution in [3.63, 3.8) is 0 Å². The average molecular weight is 178 g/mol.